The van der Waals surface area contributed by atoms with Crippen molar-refractivity contribution < 1.29 is 0 Å². The maximum Gasteiger partial charge on any atom is 0.0646 e. The number of allylic oxidation sites excluding steroid dienone is 1. The summed E-state index contributed by atoms with van der Waals surface area (Å²) >= 11 is 0. The van der Waals surface area contributed by atoms with Crippen molar-refractivity contribution in [1.82, 2.24) is 4.90 Å². The first kappa shape index (κ1) is 14.2. The van der Waals surface area contributed by atoms with Crippen LogP contribution in [0.3, 0.4) is 0 Å². The minimum atomic E-state index is 0.654. The number of fused-ring (bicyclic) bond motifs is 2. The lowest BCUT2D eigenvalue weighted by Crippen LogP contribution is -2.22. The summed E-state index contributed by atoms with van der Waals surface area (Å²) in [5.41, 5.74) is 8.78. The lowest BCUT2D eigenvalue weighted by molar-refractivity contribution is 0.377. The fraction of sp³-hybridized carbons (Fsp3) is 0.318. The van der Waals surface area contributed by atoms with Crippen molar-refractivity contribution in [3.05, 3.63) is 76.4 Å². The van der Waals surface area contributed by atoms with Gasteiger partial charge < -0.3 is 0 Å². The third-order valence-electron chi connectivity index (χ3n) is 5.75. The number of hydrogen-bond acceptors (Lipinski definition) is 2. The highest BCUT2D eigenvalue weighted by Crippen LogP contribution is 2.34. The second-order valence-electron chi connectivity index (χ2n) is 7.20. The van der Waals surface area contributed by atoms with Gasteiger partial charge in [-0.1, -0.05) is 48.5 Å². The maximum atomic E-state index is 4.46. The Labute approximate surface area is 143 Å². The summed E-state index contributed by atoms with van der Waals surface area (Å²) in [6, 6.07) is 15.6. The number of benzene rings is 2. The molecular formula is C22H22N2. The van der Waals surface area contributed by atoms with Gasteiger partial charge in [-0.25, -0.2) is 0 Å². The molecule has 0 spiro atoms. The van der Waals surface area contributed by atoms with Crippen LogP contribution in [0.25, 0.3) is 5.57 Å². The van der Waals surface area contributed by atoms with Gasteiger partial charge in [0.05, 0.1) is 6.54 Å². The summed E-state index contributed by atoms with van der Waals surface area (Å²) in [5, 5.41) is 0. The van der Waals surface area contributed by atoms with Crippen LogP contribution in [0.2, 0.25) is 0 Å². The van der Waals surface area contributed by atoms with Crippen LogP contribution in [-0.2, 0) is 13.0 Å². The Hall–Kier alpha value is -2.19. The molecular weight excluding hydrogens is 292 g/mol. The van der Waals surface area contributed by atoms with Crippen molar-refractivity contribution in [2.24, 2.45) is 4.99 Å². The Bertz CT molecular complexity index is 847. The number of hydrogen-bond donors (Lipinski definition) is 0. The van der Waals surface area contributed by atoms with Crippen LogP contribution in [0.1, 0.15) is 40.2 Å². The van der Waals surface area contributed by atoms with Crippen molar-refractivity contribution in [1.29, 1.82) is 0 Å². The zero-order valence-corrected chi connectivity index (χ0v) is 13.9. The largest absolute Gasteiger partial charge is 0.298 e. The van der Waals surface area contributed by atoms with E-state index in [0.717, 1.165) is 19.5 Å². The fourth-order valence-electron chi connectivity index (χ4n) is 4.49. The van der Waals surface area contributed by atoms with E-state index in [0.29, 0.717) is 5.92 Å². The van der Waals surface area contributed by atoms with Gasteiger partial charge in [0.25, 0.3) is 0 Å². The van der Waals surface area contributed by atoms with E-state index < -0.39 is 0 Å². The van der Waals surface area contributed by atoms with E-state index in [1.807, 2.05) is 0 Å². The van der Waals surface area contributed by atoms with Gasteiger partial charge >= 0.3 is 0 Å². The topological polar surface area (TPSA) is 15.6 Å². The summed E-state index contributed by atoms with van der Waals surface area (Å²) < 4.78 is 0. The molecule has 5 rings (SSSR count). The van der Waals surface area contributed by atoms with Crippen molar-refractivity contribution in [3.8, 4) is 0 Å². The van der Waals surface area contributed by atoms with Crippen LogP contribution in [0.5, 0.6) is 0 Å². The number of likely N-dealkylation sites (tertiary alicyclic amines) is 1. The van der Waals surface area contributed by atoms with E-state index >= 15 is 0 Å². The highest BCUT2D eigenvalue weighted by atomic mass is 15.1. The Morgan fingerprint density at radius 1 is 1.04 bits per heavy atom. The van der Waals surface area contributed by atoms with Gasteiger partial charge in [0.15, 0.2) is 0 Å². The lowest BCUT2D eigenvalue weighted by atomic mass is 9.92. The molecule has 1 aliphatic carbocycles. The van der Waals surface area contributed by atoms with Crippen LogP contribution >= 0.6 is 0 Å². The van der Waals surface area contributed by atoms with Crippen LogP contribution in [0.15, 0.2) is 53.5 Å². The highest BCUT2D eigenvalue weighted by Gasteiger charge is 2.28. The molecule has 0 radical (unpaired) electrons. The summed E-state index contributed by atoms with van der Waals surface area (Å²) in [7, 11) is 0. The van der Waals surface area contributed by atoms with Gasteiger partial charge in [0, 0.05) is 24.9 Å². The first-order chi connectivity index (χ1) is 11.9. The normalized spacial score (nSPS) is 21.8. The molecule has 24 heavy (non-hydrogen) atoms. The quantitative estimate of drug-likeness (QED) is 0.834. The molecule has 3 aliphatic rings. The average Bonchev–Trinajstić information content (AvgIpc) is 3.34. The molecule has 0 N–H and O–H groups in total. The molecule has 120 valence electrons. The molecule has 2 heterocycles. The van der Waals surface area contributed by atoms with Gasteiger partial charge in [0.1, 0.15) is 0 Å². The van der Waals surface area contributed by atoms with E-state index in [2.05, 4.69) is 64.6 Å². The predicted octanol–water partition coefficient (Wildman–Crippen LogP) is 4.05. The zero-order chi connectivity index (χ0) is 15.9. The number of aliphatic imine (C=N–C) groups is 1. The third-order valence-corrected chi connectivity index (χ3v) is 5.75. The smallest absolute Gasteiger partial charge is 0.0646 e. The third kappa shape index (κ3) is 2.33. The van der Waals surface area contributed by atoms with E-state index in [9.17, 15) is 0 Å². The van der Waals surface area contributed by atoms with Gasteiger partial charge in [-0.3, -0.25) is 9.89 Å². The monoisotopic (exact) mass is 314 g/mol. The zero-order valence-electron chi connectivity index (χ0n) is 13.9. The molecule has 1 fully saturated rings. The van der Waals surface area contributed by atoms with E-state index in [-0.39, 0.29) is 0 Å². The van der Waals surface area contributed by atoms with Gasteiger partial charge in [-0.15, -0.1) is 0 Å². The SMILES string of the molecule is C1=NCc2cccc(C3CCN(CC4=CCc5ccccc54)C3)c21. The molecule has 0 aromatic heterocycles. The fourth-order valence-corrected chi connectivity index (χ4v) is 4.49. The molecule has 1 atom stereocenters. The first-order valence-electron chi connectivity index (χ1n) is 9.00. The first-order valence-corrected chi connectivity index (χ1v) is 9.00. The van der Waals surface area contributed by atoms with E-state index in [1.54, 1.807) is 0 Å². The molecule has 1 unspecified atom stereocenters. The molecule has 2 aliphatic heterocycles. The Balaban J connectivity index is 1.32. The van der Waals surface area contributed by atoms with Crippen molar-refractivity contribution in [2.45, 2.75) is 25.3 Å². The summed E-state index contributed by atoms with van der Waals surface area (Å²) in [6.07, 6.45) is 6.87. The van der Waals surface area contributed by atoms with Gasteiger partial charge in [-0.2, -0.15) is 0 Å². The van der Waals surface area contributed by atoms with Gasteiger partial charge in [-0.05, 0) is 53.1 Å². The second kappa shape index (κ2) is 5.71. The minimum absolute atomic E-state index is 0.654. The Kier molecular flexibility index (Phi) is 3.37. The average molecular weight is 314 g/mol. The van der Waals surface area contributed by atoms with Gasteiger partial charge in [0.2, 0.25) is 0 Å². The van der Waals surface area contributed by atoms with Crippen molar-refractivity contribution >= 4 is 11.8 Å². The minimum Gasteiger partial charge on any atom is -0.298 e. The molecule has 0 saturated carbocycles. The van der Waals surface area contributed by atoms with Crippen molar-refractivity contribution in [2.75, 3.05) is 19.6 Å². The molecule has 0 bridgehead atoms. The lowest BCUT2D eigenvalue weighted by Gasteiger charge is -2.18. The maximum absolute atomic E-state index is 4.46. The molecule has 2 heteroatoms. The molecule has 2 nitrogen and oxygen atoms in total. The Morgan fingerprint density at radius 3 is 2.96 bits per heavy atom. The summed E-state index contributed by atoms with van der Waals surface area (Å²) in [4.78, 5) is 7.09. The van der Waals surface area contributed by atoms with E-state index in [1.165, 1.54) is 52.9 Å². The van der Waals surface area contributed by atoms with Crippen LogP contribution in [0.4, 0.5) is 0 Å². The molecule has 1 saturated heterocycles. The molecule has 2 aromatic rings. The highest BCUT2D eigenvalue weighted by molar-refractivity contribution is 5.86. The number of nitrogens with zero attached hydrogens (tertiary/aromatic N) is 2. The number of rotatable bonds is 3. The van der Waals surface area contributed by atoms with Crippen molar-refractivity contribution in [3.63, 3.8) is 0 Å². The molecule has 0 amide bonds. The Morgan fingerprint density at radius 2 is 1.96 bits per heavy atom. The summed E-state index contributed by atoms with van der Waals surface area (Å²) in [6.45, 7) is 4.33. The van der Waals surface area contributed by atoms with Crippen LogP contribution in [-0.4, -0.2) is 30.7 Å². The predicted molar refractivity (Wildman–Crippen MR) is 99.7 cm³/mol. The standard InChI is InChI=1S/C22H22N2/c1-2-6-20-16(4-1)8-9-18(20)14-24-11-10-19(15-24)21-7-3-5-17-12-23-13-22(17)21/h1-7,9,13,19H,8,10-12,14-15H2. The second-order valence-corrected chi connectivity index (χ2v) is 7.20. The van der Waals surface area contributed by atoms with E-state index in [4.69, 9.17) is 0 Å². The molecule has 2 aromatic carbocycles. The van der Waals surface area contributed by atoms with Crippen LogP contribution < -0.4 is 0 Å². The van der Waals surface area contributed by atoms with Crippen LogP contribution in [0, 0.1) is 0 Å². The summed E-state index contributed by atoms with van der Waals surface area (Å²) in [5.74, 6) is 0.654.